The summed E-state index contributed by atoms with van der Waals surface area (Å²) in [7, 11) is 3.11. The maximum atomic E-state index is 11.6. The van der Waals surface area contributed by atoms with Crippen LogP contribution < -0.4 is 5.32 Å². The lowest BCUT2D eigenvalue weighted by molar-refractivity contribution is -0.384. The smallest absolute Gasteiger partial charge is 0.308 e. The van der Waals surface area contributed by atoms with Crippen LogP contribution in [0.4, 0.5) is 5.69 Å². The highest BCUT2D eigenvalue weighted by atomic mass is 16.6. The molecule has 0 saturated carbocycles. The van der Waals surface area contributed by atoms with E-state index in [2.05, 4.69) is 15.2 Å². The van der Waals surface area contributed by atoms with E-state index in [1.807, 2.05) is 6.07 Å². The molecule has 0 spiro atoms. The topological polar surface area (TPSA) is 97.1 Å². The van der Waals surface area contributed by atoms with Crippen molar-refractivity contribution in [3.8, 4) is 0 Å². The first-order chi connectivity index (χ1) is 11.5. The zero-order chi connectivity index (χ0) is 17.5. The summed E-state index contributed by atoms with van der Waals surface area (Å²) in [5.41, 5.74) is 0.887. The van der Waals surface area contributed by atoms with Crippen LogP contribution in [0.5, 0.6) is 0 Å². The van der Waals surface area contributed by atoms with Crippen LogP contribution in [-0.4, -0.2) is 49.0 Å². The molecule has 1 saturated heterocycles. The van der Waals surface area contributed by atoms with Crippen molar-refractivity contribution in [2.24, 2.45) is 10.9 Å². The molecule has 1 aromatic carbocycles. The number of esters is 1. The first-order valence-electron chi connectivity index (χ1n) is 7.82. The molecule has 1 heterocycles. The summed E-state index contributed by atoms with van der Waals surface area (Å²) in [6.07, 6.45) is 1.45. The molecule has 1 aromatic rings. The van der Waals surface area contributed by atoms with Crippen molar-refractivity contribution in [2.75, 3.05) is 27.2 Å². The quantitative estimate of drug-likeness (QED) is 0.295. The number of carbonyl (C=O) groups is 1. The molecule has 2 rings (SSSR count). The number of hydrogen-bond acceptors (Lipinski definition) is 5. The van der Waals surface area contributed by atoms with Crippen LogP contribution in [0, 0.1) is 16.0 Å². The van der Waals surface area contributed by atoms with Gasteiger partial charge in [-0.3, -0.25) is 19.9 Å². The molecule has 0 atom stereocenters. The summed E-state index contributed by atoms with van der Waals surface area (Å²) in [5, 5.41) is 14.0. The number of nitrogens with zero attached hydrogens (tertiary/aromatic N) is 3. The number of methoxy groups -OCH3 is 1. The zero-order valence-electron chi connectivity index (χ0n) is 13.9. The Morgan fingerprint density at radius 1 is 1.46 bits per heavy atom. The standard InChI is InChI=1S/C16H22N4O4/c1-17-16(19-8-6-13(7-9-19)15(21)24-2)18-11-12-4-3-5-14(10-12)20(22)23/h3-5,10,13H,6-9,11H2,1-2H3,(H,17,18). The number of guanidine groups is 1. The van der Waals surface area contributed by atoms with E-state index in [0.29, 0.717) is 19.6 Å². The Labute approximate surface area is 140 Å². The summed E-state index contributed by atoms with van der Waals surface area (Å²) in [6.45, 7) is 1.88. The van der Waals surface area contributed by atoms with Gasteiger partial charge in [0.25, 0.3) is 5.69 Å². The van der Waals surface area contributed by atoms with Crippen LogP contribution >= 0.6 is 0 Å². The fourth-order valence-electron chi connectivity index (χ4n) is 2.79. The average molecular weight is 334 g/mol. The Balaban J connectivity index is 1.91. The van der Waals surface area contributed by atoms with Crippen LogP contribution in [-0.2, 0) is 16.1 Å². The number of rotatable bonds is 4. The van der Waals surface area contributed by atoms with Gasteiger partial charge < -0.3 is 15.0 Å². The van der Waals surface area contributed by atoms with Crippen LogP contribution in [0.3, 0.4) is 0 Å². The number of nitro benzene ring substituents is 1. The van der Waals surface area contributed by atoms with Crippen LogP contribution in [0.15, 0.2) is 29.3 Å². The largest absolute Gasteiger partial charge is 0.469 e. The molecule has 0 amide bonds. The second-order valence-electron chi connectivity index (χ2n) is 5.61. The third kappa shape index (κ3) is 4.43. The molecule has 24 heavy (non-hydrogen) atoms. The first kappa shape index (κ1) is 17.7. The molecule has 0 aromatic heterocycles. The third-order valence-electron chi connectivity index (χ3n) is 4.11. The van der Waals surface area contributed by atoms with E-state index in [1.165, 1.54) is 13.2 Å². The number of ether oxygens (including phenoxy) is 1. The lowest BCUT2D eigenvalue weighted by Gasteiger charge is -2.33. The Hall–Kier alpha value is -2.64. The van der Waals surface area contributed by atoms with Gasteiger partial charge in [0.2, 0.25) is 0 Å². The number of likely N-dealkylation sites (tertiary alicyclic amines) is 1. The number of carbonyl (C=O) groups excluding carboxylic acids is 1. The molecular formula is C16H22N4O4. The molecule has 8 nitrogen and oxygen atoms in total. The number of aliphatic imine (C=N–C) groups is 1. The average Bonchev–Trinajstić information content (AvgIpc) is 2.62. The zero-order valence-corrected chi connectivity index (χ0v) is 13.9. The molecule has 0 bridgehead atoms. The molecule has 1 N–H and O–H groups in total. The van der Waals surface area contributed by atoms with E-state index in [0.717, 1.165) is 24.4 Å². The van der Waals surface area contributed by atoms with Gasteiger partial charge >= 0.3 is 5.97 Å². The second kappa shape index (κ2) is 8.28. The summed E-state index contributed by atoms with van der Waals surface area (Å²) in [6, 6.07) is 6.51. The van der Waals surface area contributed by atoms with Gasteiger partial charge in [0, 0.05) is 38.8 Å². The Bertz CT molecular complexity index is 624. The Kier molecular flexibility index (Phi) is 6.11. The summed E-state index contributed by atoms with van der Waals surface area (Å²) in [4.78, 5) is 28.3. The minimum atomic E-state index is -0.407. The predicted molar refractivity (Wildman–Crippen MR) is 89.6 cm³/mol. The lowest BCUT2D eigenvalue weighted by atomic mass is 9.97. The SMILES string of the molecule is CN=C(NCc1cccc([N+](=O)[O-])c1)N1CCC(C(=O)OC)CC1. The van der Waals surface area contributed by atoms with Gasteiger partial charge in [-0.15, -0.1) is 0 Å². The van der Waals surface area contributed by atoms with Crippen molar-refractivity contribution in [1.29, 1.82) is 0 Å². The van der Waals surface area contributed by atoms with E-state index in [-0.39, 0.29) is 17.6 Å². The van der Waals surface area contributed by atoms with Gasteiger partial charge in [0.05, 0.1) is 18.0 Å². The van der Waals surface area contributed by atoms with Crippen LogP contribution in [0.2, 0.25) is 0 Å². The van der Waals surface area contributed by atoms with E-state index in [1.54, 1.807) is 19.2 Å². The number of nitro groups is 1. The maximum absolute atomic E-state index is 11.6. The minimum absolute atomic E-state index is 0.0545. The van der Waals surface area contributed by atoms with Gasteiger partial charge in [-0.25, -0.2) is 0 Å². The van der Waals surface area contributed by atoms with E-state index >= 15 is 0 Å². The highest BCUT2D eigenvalue weighted by Gasteiger charge is 2.26. The highest BCUT2D eigenvalue weighted by Crippen LogP contribution is 2.18. The Morgan fingerprint density at radius 2 is 2.17 bits per heavy atom. The molecule has 8 heteroatoms. The summed E-state index contributed by atoms with van der Waals surface area (Å²) < 4.78 is 4.79. The number of piperidine rings is 1. The second-order valence-corrected chi connectivity index (χ2v) is 5.61. The van der Waals surface area contributed by atoms with Gasteiger partial charge in [-0.05, 0) is 18.4 Å². The number of hydrogen-bond donors (Lipinski definition) is 1. The predicted octanol–water partition coefficient (Wildman–Crippen LogP) is 1.56. The minimum Gasteiger partial charge on any atom is -0.469 e. The van der Waals surface area contributed by atoms with Crippen molar-refractivity contribution in [3.05, 3.63) is 39.9 Å². The lowest BCUT2D eigenvalue weighted by Crippen LogP contribution is -2.46. The maximum Gasteiger partial charge on any atom is 0.308 e. The fourth-order valence-corrected chi connectivity index (χ4v) is 2.79. The van der Waals surface area contributed by atoms with Crippen molar-refractivity contribution in [3.63, 3.8) is 0 Å². The van der Waals surface area contributed by atoms with Gasteiger partial charge in [0.1, 0.15) is 0 Å². The van der Waals surface area contributed by atoms with Crippen LogP contribution in [0.25, 0.3) is 0 Å². The van der Waals surface area contributed by atoms with E-state index in [9.17, 15) is 14.9 Å². The van der Waals surface area contributed by atoms with Gasteiger partial charge in [-0.1, -0.05) is 12.1 Å². The van der Waals surface area contributed by atoms with Crippen molar-refractivity contribution in [1.82, 2.24) is 10.2 Å². The molecule has 0 aliphatic carbocycles. The molecule has 0 unspecified atom stereocenters. The monoisotopic (exact) mass is 334 g/mol. The molecule has 1 aliphatic heterocycles. The third-order valence-corrected chi connectivity index (χ3v) is 4.11. The molecular weight excluding hydrogens is 312 g/mol. The Morgan fingerprint density at radius 3 is 2.75 bits per heavy atom. The molecule has 130 valence electrons. The fraction of sp³-hybridized carbons (Fsp3) is 0.500. The summed E-state index contributed by atoms with van der Waals surface area (Å²) in [5.74, 6) is 0.514. The van der Waals surface area contributed by atoms with Gasteiger partial charge in [0.15, 0.2) is 5.96 Å². The highest BCUT2D eigenvalue weighted by molar-refractivity contribution is 5.80. The van der Waals surface area contributed by atoms with E-state index in [4.69, 9.17) is 4.74 Å². The van der Waals surface area contributed by atoms with Crippen molar-refractivity contribution < 1.29 is 14.5 Å². The molecule has 1 aliphatic rings. The number of benzene rings is 1. The van der Waals surface area contributed by atoms with Crippen LogP contribution in [0.1, 0.15) is 18.4 Å². The molecule has 0 radical (unpaired) electrons. The van der Waals surface area contributed by atoms with E-state index < -0.39 is 4.92 Å². The van der Waals surface area contributed by atoms with Crippen molar-refractivity contribution >= 4 is 17.6 Å². The number of nitrogens with one attached hydrogen (secondary N) is 1. The first-order valence-corrected chi connectivity index (χ1v) is 7.82. The van der Waals surface area contributed by atoms with Crippen molar-refractivity contribution in [2.45, 2.75) is 19.4 Å². The number of non-ortho nitro benzene ring substituents is 1. The normalized spacial score (nSPS) is 15.9. The molecule has 1 fully saturated rings. The summed E-state index contributed by atoms with van der Waals surface area (Å²) >= 11 is 0. The van der Waals surface area contributed by atoms with Gasteiger partial charge in [-0.2, -0.15) is 0 Å².